The molecule has 0 unspecified atom stereocenters. The van der Waals surface area contributed by atoms with E-state index in [1.807, 2.05) is 0 Å². The van der Waals surface area contributed by atoms with Crippen LogP contribution in [-0.2, 0) is 14.3 Å². The predicted molar refractivity (Wildman–Crippen MR) is 47.2 cm³/mol. The van der Waals surface area contributed by atoms with E-state index in [-0.39, 0.29) is 12.3 Å². The van der Waals surface area contributed by atoms with Gasteiger partial charge in [0.1, 0.15) is 0 Å². The van der Waals surface area contributed by atoms with Crippen molar-refractivity contribution in [2.75, 3.05) is 7.11 Å². The van der Waals surface area contributed by atoms with E-state index < -0.39 is 17.4 Å². The molecule has 76 valence electrons. The molecular weight excluding hydrogens is 172 g/mol. The normalized spacial score (nSPS) is 15.2. The Kier molecular flexibility index (Phi) is 3.91. The molecule has 0 saturated heterocycles. The Labute approximate surface area is 77.9 Å². The highest BCUT2D eigenvalue weighted by atomic mass is 16.5. The summed E-state index contributed by atoms with van der Waals surface area (Å²) in [7, 11) is 1.25. The first-order valence-corrected chi connectivity index (χ1v) is 4.14. The van der Waals surface area contributed by atoms with Gasteiger partial charge in [0, 0.05) is 0 Å². The Morgan fingerprint density at radius 2 is 1.92 bits per heavy atom. The predicted octanol–water partition coefficient (Wildman–Crippen LogP) is 1.30. The minimum absolute atomic E-state index is 0.0868. The van der Waals surface area contributed by atoms with E-state index in [2.05, 4.69) is 4.74 Å². The van der Waals surface area contributed by atoms with Crippen molar-refractivity contribution in [1.29, 1.82) is 0 Å². The maximum atomic E-state index is 11.0. The SMILES string of the molecule is COC(=O)C[C@@](C)(C(=O)O)C(C)C. The van der Waals surface area contributed by atoms with Crippen LogP contribution in [0, 0.1) is 11.3 Å². The van der Waals surface area contributed by atoms with Gasteiger partial charge in [-0.1, -0.05) is 13.8 Å². The van der Waals surface area contributed by atoms with Gasteiger partial charge in [0.15, 0.2) is 0 Å². The number of carboxylic acids is 1. The maximum absolute atomic E-state index is 11.0. The molecule has 0 fully saturated rings. The number of carbonyl (C=O) groups is 2. The van der Waals surface area contributed by atoms with Crippen molar-refractivity contribution in [3.63, 3.8) is 0 Å². The van der Waals surface area contributed by atoms with Gasteiger partial charge < -0.3 is 9.84 Å². The average Bonchev–Trinajstić information content (AvgIpc) is 2.03. The summed E-state index contributed by atoms with van der Waals surface area (Å²) in [6.45, 7) is 5.10. The first kappa shape index (κ1) is 11.9. The molecule has 1 atom stereocenters. The van der Waals surface area contributed by atoms with Crippen LogP contribution in [0.5, 0.6) is 0 Å². The van der Waals surface area contributed by atoms with Crippen LogP contribution in [0.3, 0.4) is 0 Å². The largest absolute Gasteiger partial charge is 0.481 e. The summed E-state index contributed by atoms with van der Waals surface area (Å²) in [5.74, 6) is -1.56. The quantitative estimate of drug-likeness (QED) is 0.675. The van der Waals surface area contributed by atoms with Gasteiger partial charge in [-0.15, -0.1) is 0 Å². The highest BCUT2D eigenvalue weighted by Crippen LogP contribution is 2.31. The van der Waals surface area contributed by atoms with Crippen molar-refractivity contribution in [1.82, 2.24) is 0 Å². The van der Waals surface area contributed by atoms with Gasteiger partial charge in [0.25, 0.3) is 0 Å². The standard InChI is InChI=1S/C9H16O4/c1-6(2)9(3,8(11)12)5-7(10)13-4/h6H,5H2,1-4H3,(H,11,12)/t9-/m1/s1. The van der Waals surface area contributed by atoms with Crippen molar-refractivity contribution in [3.8, 4) is 0 Å². The number of hydrogen-bond acceptors (Lipinski definition) is 3. The zero-order valence-electron chi connectivity index (χ0n) is 8.46. The van der Waals surface area contributed by atoms with Crippen LogP contribution in [0.1, 0.15) is 27.2 Å². The van der Waals surface area contributed by atoms with Crippen molar-refractivity contribution in [2.45, 2.75) is 27.2 Å². The average molecular weight is 188 g/mol. The topological polar surface area (TPSA) is 63.6 Å². The van der Waals surface area contributed by atoms with Crippen LogP contribution in [0.15, 0.2) is 0 Å². The monoisotopic (exact) mass is 188 g/mol. The molecule has 0 aliphatic heterocycles. The molecule has 0 spiro atoms. The molecule has 0 heterocycles. The second kappa shape index (κ2) is 4.25. The fourth-order valence-corrected chi connectivity index (χ4v) is 0.899. The minimum Gasteiger partial charge on any atom is -0.481 e. The van der Waals surface area contributed by atoms with Crippen LogP contribution in [0.25, 0.3) is 0 Å². The lowest BCUT2D eigenvalue weighted by molar-refractivity contribution is -0.158. The number of esters is 1. The lowest BCUT2D eigenvalue weighted by atomic mass is 9.76. The minimum atomic E-state index is -1.03. The third-order valence-electron chi connectivity index (χ3n) is 2.50. The van der Waals surface area contributed by atoms with E-state index in [0.29, 0.717) is 0 Å². The molecule has 0 aliphatic carbocycles. The molecular formula is C9H16O4. The number of carbonyl (C=O) groups excluding carboxylic acids is 1. The maximum Gasteiger partial charge on any atom is 0.310 e. The summed E-state index contributed by atoms with van der Waals surface area (Å²) in [4.78, 5) is 21.9. The molecule has 0 aromatic carbocycles. The number of methoxy groups -OCH3 is 1. The Hall–Kier alpha value is -1.06. The van der Waals surface area contributed by atoms with Gasteiger partial charge in [-0.05, 0) is 12.8 Å². The fourth-order valence-electron chi connectivity index (χ4n) is 0.899. The van der Waals surface area contributed by atoms with Crippen LogP contribution in [0.4, 0.5) is 0 Å². The smallest absolute Gasteiger partial charge is 0.310 e. The molecule has 0 saturated carbocycles. The van der Waals surface area contributed by atoms with Crippen molar-refractivity contribution < 1.29 is 19.4 Å². The molecule has 0 radical (unpaired) electrons. The summed E-state index contributed by atoms with van der Waals surface area (Å²) in [6.07, 6.45) is -0.0868. The first-order chi connectivity index (χ1) is 5.84. The zero-order valence-corrected chi connectivity index (χ0v) is 8.46. The second-order valence-electron chi connectivity index (χ2n) is 3.63. The summed E-state index contributed by atoms with van der Waals surface area (Å²) < 4.78 is 4.44. The van der Waals surface area contributed by atoms with Crippen LogP contribution in [0.2, 0.25) is 0 Å². The molecule has 0 bridgehead atoms. The molecule has 4 nitrogen and oxygen atoms in total. The second-order valence-corrected chi connectivity index (χ2v) is 3.63. The Morgan fingerprint density at radius 1 is 1.46 bits per heavy atom. The summed E-state index contributed by atoms with van der Waals surface area (Å²) in [5, 5.41) is 8.94. The summed E-state index contributed by atoms with van der Waals surface area (Å²) in [6, 6.07) is 0. The highest BCUT2D eigenvalue weighted by molar-refractivity contribution is 5.82. The fraction of sp³-hybridized carbons (Fsp3) is 0.778. The molecule has 0 aromatic rings. The molecule has 13 heavy (non-hydrogen) atoms. The third kappa shape index (κ3) is 2.72. The Morgan fingerprint density at radius 3 is 2.15 bits per heavy atom. The lowest BCUT2D eigenvalue weighted by Gasteiger charge is -2.27. The van der Waals surface area contributed by atoms with E-state index >= 15 is 0 Å². The van der Waals surface area contributed by atoms with Crippen molar-refractivity contribution in [2.24, 2.45) is 11.3 Å². The molecule has 1 N–H and O–H groups in total. The molecule has 0 aromatic heterocycles. The van der Waals surface area contributed by atoms with Gasteiger partial charge in [-0.2, -0.15) is 0 Å². The number of ether oxygens (including phenoxy) is 1. The van der Waals surface area contributed by atoms with E-state index in [9.17, 15) is 9.59 Å². The Balaban J connectivity index is 4.61. The van der Waals surface area contributed by atoms with Gasteiger partial charge in [-0.3, -0.25) is 9.59 Å². The first-order valence-electron chi connectivity index (χ1n) is 4.14. The zero-order chi connectivity index (χ0) is 10.6. The van der Waals surface area contributed by atoms with E-state index in [1.165, 1.54) is 7.11 Å². The number of aliphatic carboxylic acids is 1. The van der Waals surface area contributed by atoms with Gasteiger partial charge >= 0.3 is 11.9 Å². The molecule has 0 amide bonds. The molecule has 4 heteroatoms. The summed E-state index contributed by atoms with van der Waals surface area (Å²) >= 11 is 0. The van der Waals surface area contributed by atoms with E-state index in [4.69, 9.17) is 5.11 Å². The molecule has 0 aliphatic rings. The van der Waals surface area contributed by atoms with Gasteiger partial charge in [-0.25, -0.2) is 0 Å². The summed E-state index contributed by atoms with van der Waals surface area (Å²) in [5.41, 5.74) is -1.03. The van der Waals surface area contributed by atoms with Gasteiger partial charge in [0.05, 0.1) is 18.9 Å². The van der Waals surface area contributed by atoms with E-state index in [0.717, 1.165) is 0 Å². The van der Waals surface area contributed by atoms with Crippen molar-refractivity contribution >= 4 is 11.9 Å². The number of rotatable bonds is 4. The van der Waals surface area contributed by atoms with Gasteiger partial charge in [0.2, 0.25) is 0 Å². The van der Waals surface area contributed by atoms with Crippen molar-refractivity contribution in [3.05, 3.63) is 0 Å². The number of carboxylic acid groups (broad SMARTS) is 1. The van der Waals surface area contributed by atoms with Crippen LogP contribution in [-0.4, -0.2) is 24.2 Å². The lowest BCUT2D eigenvalue weighted by Crippen LogP contribution is -2.35. The number of hydrogen-bond donors (Lipinski definition) is 1. The Bertz CT molecular complexity index is 210. The van der Waals surface area contributed by atoms with Crippen LogP contribution >= 0.6 is 0 Å². The highest BCUT2D eigenvalue weighted by Gasteiger charge is 2.39. The van der Waals surface area contributed by atoms with E-state index in [1.54, 1.807) is 20.8 Å². The molecule has 0 rings (SSSR count). The van der Waals surface area contributed by atoms with Crippen LogP contribution < -0.4 is 0 Å². The third-order valence-corrected chi connectivity index (χ3v) is 2.50.